The van der Waals surface area contributed by atoms with Crippen LogP contribution in [0.4, 0.5) is 5.82 Å². The molecular weight excluding hydrogens is 356 g/mol. The van der Waals surface area contributed by atoms with E-state index in [0.29, 0.717) is 36.8 Å². The van der Waals surface area contributed by atoms with E-state index in [0.717, 1.165) is 44.1 Å². The van der Waals surface area contributed by atoms with Crippen LogP contribution in [0.15, 0.2) is 36.5 Å². The van der Waals surface area contributed by atoms with Crippen molar-refractivity contribution in [1.29, 1.82) is 0 Å². The van der Waals surface area contributed by atoms with E-state index in [1.165, 1.54) is 0 Å². The number of nitrogens with one attached hydrogen (secondary N) is 1. The van der Waals surface area contributed by atoms with Crippen molar-refractivity contribution in [1.82, 2.24) is 15.2 Å². The van der Waals surface area contributed by atoms with Gasteiger partial charge in [0.2, 0.25) is 0 Å². The lowest BCUT2D eigenvalue weighted by atomic mass is 10.1. The second-order valence-electron chi connectivity index (χ2n) is 6.99. The molecule has 1 fully saturated rings. The number of piperazine rings is 1. The molecule has 0 saturated carbocycles. The van der Waals surface area contributed by atoms with Gasteiger partial charge in [-0.05, 0) is 36.4 Å². The average Bonchev–Trinajstić information content (AvgIpc) is 2.77. The molecule has 2 aromatic rings. The molecule has 0 aliphatic carbocycles. The van der Waals surface area contributed by atoms with E-state index in [9.17, 15) is 4.79 Å². The molecular formula is C21H26N4O3. The first-order chi connectivity index (χ1) is 13.7. The zero-order valence-corrected chi connectivity index (χ0v) is 16.2. The summed E-state index contributed by atoms with van der Waals surface area (Å²) in [6.07, 6.45) is 1.84. The number of benzene rings is 1. The van der Waals surface area contributed by atoms with Crippen molar-refractivity contribution < 1.29 is 14.3 Å². The third-order valence-corrected chi connectivity index (χ3v) is 5.21. The highest BCUT2D eigenvalue weighted by Gasteiger charge is 2.17. The molecule has 0 radical (unpaired) electrons. The summed E-state index contributed by atoms with van der Waals surface area (Å²) in [5.41, 5.74) is 1.53. The van der Waals surface area contributed by atoms with Gasteiger partial charge in [0, 0.05) is 44.5 Å². The second kappa shape index (κ2) is 8.48. The monoisotopic (exact) mass is 382 g/mol. The van der Waals surface area contributed by atoms with Crippen molar-refractivity contribution in [2.24, 2.45) is 0 Å². The predicted molar refractivity (Wildman–Crippen MR) is 107 cm³/mol. The lowest BCUT2D eigenvalue weighted by Gasteiger charge is -2.34. The highest BCUT2D eigenvalue weighted by molar-refractivity contribution is 5.94. The highest BCUT2D eigenvalue weighted by atomic mass is 16.6. The minimum absolute atomic E-state index is 0.142. The molecule has 0 unspecified atom stereocenters. The van der Waals surface area contributed by atoms with Gasteiger partial charge in [0.05, 0.1) is 0 Å². The summed E-state index contributed by atoms with van der Waals surface area (Å²) >= 11 is 0. The molecule has 3 heterocycles. The molecule has 0 atom stereocenters. The topological polar surface area (TPSA) is 66.9 Å². The van der Waals surface area contributed by atoms with Gasteiger partial charge in [-0.1, -0.05) is 13.0 Å². The zero-order chi connectivity index (χ0) is 19.3. The number of amides is 1. The van der Waals surface area contributed by atoms with Crippen molar-refractivity contribution >= 4 is 11.7 Å². The van der Waals surface area contributed by atoms with Crippen LogP contribution < -0.4 is 19.7 Å². The van der Waals surface area contributed by atoms with Crippen LogP contribution in [0.1, 0.15) is 22.8 Å². The summed E-state index contributed by atoms with van der Waals surface area (Å²) < 4.78 is 11.0. The molecule has 28 heavy (non-hydrogen) atoms. The van der Waals surface area contributed by atoms with E-state index in [1.54, 1.807) is 18.2 Å². The number of ether oxygens (including phenoxy) is 2. The van der Waals surface area contributed by atoms with Crippen LogP contribution in [0.2, 0.25) is 0 Å². The van der Waals surface area contributed by atoms with Crippen LogP contribution in [0.25, 0.3) is 0 Å². The van der Waals surface area contributed by atoms with Crippen LogP contribution in [0.3, 0.4) is 0 Å². The Hall–Kier alpha value is -2.80. The fourth-order valence-corrected chi connectivity index (χ4v) is 3.47. The summed E-state index contributed by atoms with van der Waals surface area (Å²) in [5.74, 6) is 2.16. The molecule has 1 saturated heterocycles. The molecule has 2 aliphatic rings. The number of rotatable bonds is 5. The second-order valence-corrected chi connectivity index (χ2v) is 6.99. The maximum atomic E-state index is 12.4. The summed E-state index contributed by atoms with van der Waals surface area (Å²) in [4.78, 5) is 21.8. The molecule has 7 heteroatoms. The summed E-state index contributed by atoms with van der Waals surface area (Å²) in [7, 11) is 0. The number of carbonyl (C=O) groups excluding carboxylic acids is 1. The molecule has 0 spiro atoms. The van der Waals surface area contributed by atoms with Gasteiger partial charge >= 0.3 is 0 Å². The Labute approximate surface area is 165 Å². The average molecular weight is 382 g/mol. The van der Waals surface area contributed by atoms with Gasteiger partial charge in [0.25, 0.3) is 5.91 Å². The number of likely N-dealkylation sites (N-methyl/N-ethyl adjacent to an activating group) is 1. The molecule has 1 aromatic heterocycles. The molecule has 148 valence electrons. The molecule has 1 N–H and O–H groups in total. The summed E-state index contributed by atoms with van der Waals surface area (Å²) in [6, 6.07) is 9.31. The number of fused-ring (bicyclic) bond motifs is 1. The maximum absolute atomic E-state index is 12.4. The number of pyridine rings is 1. The SMILES string of the molecule is CCN1CCN(c2ccc(CNC(=O)c3ccc4c(c3)OCCO4)cn2)CC1. The Morgan fingerprint density at radius 3 is 2.57 bits per heavy atom. The fourth-order valence-electron chi connectivity index (χ4n) is 3.47. The molecule has 7 nitrogen and oxygen atoms in total. The van der Waals surface area contributed by atoms with E-state index >= 15 is 0 Å². The van der Waals surface area contributed by atoms with E-state index < -0.39 is 0 Å². The van der Waals surface area contributed by atoms with Gasteiger partial charge in [-0.15, -0.1) is 0 Å². The van der Waals surface area contributed by atoms with Crippen molar-refractivity contribution in [3.8, 4) is 11.5 Å². The van der Waals surface area contributed by atoms with E-state index in [1.807, 2.05) is 18.3 Å². The molecule has 4 rings (SSSR count). The van der Waals surface area contributed by atoms with Crippen molar-refractivity contribution in [2.75, 3.05) is 50.8 Å². The van der Waals surface area contributed by atoms with Gasteiger partial charge < -0.3 is 24.6 Å². The van der Waals surface area contributed by atoms with Gasteiger partial charge in [0.15, 0.2) is 11.5 Å². The van der Waals surface area contributed by atoms with Gasteiger partial charge in [-0.25, -0.2) is 4.98 Å². The lowest BCUT2D eigenvalue weighted by molar-refractivity contribution is 0.0949. The van der Waals surface area contributed by atoms with Gasteiger partial charge in [-0.3, -0.25) is 4.79 Å². The summed E-state index contributed by atoms with van der Waals surface area (Å²) in [6.45, 7) is 8.92. The first-order valence-corrected chi connectivity index (χ1v) is 9.83. The smallest absolute Gasteiger partial charge is 0.251 e. The standard InChI is InChI=1S/C21H26N4O3/c1-2-24-7-9-25(10-8-24)20-6-3-16(14-22-20)15-23-21(26)17-4-5-18-19(13-17)28-12-11-27-18/h3-6,13-14H,2,7-12,15H2,1H3,(H,23,26). The van der Waals surface area contributed by atoms with E-state index in [-0.39, 0.29) is 5.91 Å². The summed E-state index contributed by atoms with van der Waals surface area (Å²) in [5, 5.41) is 2.94. The zero-order valence-electron chi connectivity index (χ0n) is 16.2. The first kappa shape index (κ1) is 18.6. The van der Waals surface area contributed by atoms with Gasteiger partial charge in [-0.2, -0.15) is 0 Å². The molecule has 1 amide bonds. The highest BCUT2D eigenvalue weighted by Crippen LogP contribution is 2.30. The number of carbonyl (C=O) groups is 1. The third-order valence-electron chi connectivity index (χ3n) is 5.21. The van der Waals surface area contributed by atoms with E-state index in [4.69, 9.17) is 9.47 Å². The minimum Gasteiger partial charge on any atom is -0.486 e. The van der Waals surface area contributed by atoms with Crippen LogP contribution in [-0.2, 0) is 6.54 Å². The number of aromatic nitrogens is 1. The maximum Gasteiger partial charge on any atom is 0.251 e. The van der Waals surface area contributed by atoms with Crippen molar-refractivity contribution in [2.45, 2.75) is 13.5 Å². The fraction of sp³-hybridized carbons (Fsp3) is 0.429. The molecule has 2 aliphatic heterocycles. The Bertz CT molecular complexity index is 817. The van der Waals surface area contributed by atoms with Gasteiger partial charge in [0.1, 0.15) is 19.0 Å². The van der Waals surface area contributed by atoms with Crippen LogP contribution in [-0.4, -0.2) is 61.7 Å². The van der Waals surface area contributed by atoms with Crippen LogP contribution >= 0.6 is 0 Å². The Kier molecular flexibility index (Phi) is 5.62. The molecule has 0 bridgehead atoms. The Balaban J connectivity index is 1.32. The number of nitrogens with zero attached hydrogens (tertiary/aromatic N) is 3. The number of hydrogen-bond acceptors (Lipinski definition) is 6. The van der Waals surface area contributed by atoms with E-state index in [2.05, 4.69) is 27.0 Å². The third kappa shape index (κ3) is 4.20. The Morgan fingerprint density at radius 1 is 1.07 bits per heavy atom. The first-order valence-electron chi connectivity index (χ1n) is 9.83. The van der Waals surface area contributed by atoms with Crippen LogP contribution in [0, 0.1) is 0 Å². The quantitative estimate of drug-likeness (QED) is 0.852. The van der Waals surface area contributed by atoms with Crippen molar-refractivity contribution in [3.05, 3.63) is 47.7 Å². The molecule has 1 aromatic carbocycles. The number of anilines is 1. The number of hydrogen-bond donors (Lipinski definition) is 1. The van der Waals surface area contributed by atoms with Crippen LogP contribution in [0.5, 0.6) is 11.5 Å². The lowest BCUT2D eigenvalue weighted by Crippen LogP contribution is -2.46. The largest absolute Gasteiger partial charge is 0.486 e. The van der Waals surface area contributed by atoms with Crippen molar-refractivity contribution in [3.63, 3.8) is 0 Å². The predicted octanol–water partition coefficient (Wildman–Crippen LogP) is 1.92. The Morgan fingerprint density at radius 2 is 1.86 bits per heavy atom. The minimum atomic E-state index is -0.142. The normalized spacial score (nSPS) is 16.7.